The first-order valence-corrected chi connectivity index (χ1v) is 11.0. The van der Waals surface area contributed by atoms with E-state index in [9.17, 15) is 22.8 Å². The highest BCUT2D eigenvalue weighted by Gasteiger charge is 2.32. The van der Waals surface area contributed by atoms with E-state index >= 15 is 0 Å². The Morgan fingerprint density at radius 3 is 2.44 bits per heavy atom. The summed E-state index contributed by atoms with van der Waals surface area (Å²) in [5.41, 5.74) is 1.86. The summed E-state index contributed by atoms with van der Waals surface area (Å²) >= 11 is 0. The number of anilines is 1. The molecule has 188 valence electrons. The van der Waals surface area contributed by atoms with E-state index in [4.69, 9.17) is 4.74 Å². The highest BCUT2D eigenvalue weighted by Crippen LogP contribution is 2.31. The second kappa shape index (κ2) is 11.2. The third kappa shape index (κ3) is 7.06. The third-order valence-corrected chi connectivity index (χ3v) is 5.33. The van der Waals surface area contributed by atoms with Gasteiger partial charge >= 0.3 is 6.36 Å². The molecule has 2 aromatic heterocycles. The highest BCUT2D eigenvalue weighted by atomic mass is 19.4. The van der Waals surface area contributed by atoms with Crippen molar-refractivity contribution in [2.24, 2.45) is 0 Å². The summed E-state index contributed by atoms with van der Waals surface area (Å²) in [6, 6.07) is 6.85. The second-order valence-corrected chi connectivity index (χ2v) is 7.96. The fraction of sp³-hybridized carbons (Fsp3) is 0.292. The molecule has 1 fully saturated rings. The maximum Gasteiger partial charge on any atom is 0.573 e. The van der Waals surface area contributed by atoms with E-state index in [2.05, 4.69) is 25.0 Å². The predicted octanol–water partition coefficient (Wildman–Crippen LogP) is 3.13. The molecule has 0 saturated carbocycles. The van der Waals surface area contributed by atoms with Gasteiger partial charge in [-0.1, -0.05) is 6.07 Å². The van der Waals surface area contributed by atoms with Gasteiger partial charge in [0.25, 0.3) is 0 Å². The number of Topliss-reactive ketones (excluding diaryl/α,β-unsaturated/α-hetero) is 1. The Kier molecular flexibility index (Phi) is 7.86. The Labute approximate surface area is 204 Å². The Bertz CT molecular complexity index is 1200. The summed E-state index contributed by atoms with van der Waals surface area (Å²) < 4.78 is 48.0. The average molecular weight is 501 g/mol. The van der Waals surface area contributed by atoms with Crippen LogP contribution in [0.4, 0.5) is 18.9 Å². The molecular weight excluding hydrogens is 479 g/mol. The van der Waals surface area contributed by atoms with Gasteiger partial charge in [0.15, 0.2) is 11.5 Å². The van der Waals surface area contributed by atoms with Crippen molar-refractivity contribution < 1.29 is 32.2 Å². The number of nitrogens with one attached hydrogen (secondary N) is 1. The van der Waals surface area contributed by atoms with Crippen LogP contribution >= 0.6 is 0 Å². The molecule has 9 nitrogen and oxygen atoms in total. The molecule has 1 aliphatic heterocycles. The van der Waals surface area contributed by atoms with Gasteiger partial charge in [-0.05, 0) is 24.3 Å². The molecule has 0 spiro atoms. The number of hydrogen-bond donors (Lipinski definition) is 1. The SMILES string of the molecule is O=C(CN1CCOCC1)Nc1cc(C(=O)Cc2ccc(-c3cncnc3)cn2)ccc1OC(F)(F)F. The lowest BCUT2D eigenvalue weighted by atomic mass is 10.0. The number of alkyl halides is 3. The molecule has 1 N–H and O–H groups in total. The highest BCUT2D eigenvalue weighted by molar-refractivity contribution is 6.00. The predicted molar refractivity (Wildman–Crippen MR) is 122 cm³/mol. The van der Waals surface area contributed by atoms with Crippen molar-refractivity contribution in [3.05, 3.63) is 66.5 Å². The molecule has 1 amide bonds. The molecular formula is C24H22F3N5O4. The number of aromatic nitrogens is 3. The van der Waals surface area contributed by atoms with E-state index in [-0.39, 0.29) is 30.0 Å². The van der Waals surface area contributed by atoms with Crippen LogP contribution in [0.3, 0.4) is 0 Å². The fourth-order valence-electron chi connectivity index (χ4n) is 3.58. The van der Waals surface area contributed by atoms with Crippen LogP contribution in [0.25, 0.3) is 11.1 Å². The van der Waals surface area contributed by atoms with Crippen LogP contribution in [0.15, 0.2) is 55.2 Å². The van der Waals surface area contributed by atoms with Gasteiger partial charge < -0.3 is 14.8 Å². The minimum atomic E-state index is -4.97. The molecule has 0 bridgehead atoms. The molecule has 0 unspecified atom stereocenters. The molecule has 3 heterocycles. The zero-order chi connectivity index (χ0) is 25.5. The lowest BCUT2D eigenvalue weighted by Crippen LogP contribution is -2.41. The summed E-state index contributed by atoms with van der Waals surface area (Å²) in [6.45, 7) is 1.96. The van der Waals surface area contributed by atoms with E-state index in [0.717, 1.165) is 17.2 Å². The number of carbonyl (C=O) groups excluding carboxylic acids is 2. The number of morpholine rings is 1. The standard InChI is InChI=1S/C24H22F3N5O4/c25-24(26,27)36-22-4-2-16(9-20(22)31-23(34)14-32-5-7-35-8-6-32)21(33)10-19-3-1-17(13-30-19)18-11-28-15-29-12-18/h1-4,9,11-13,15H,5-8,10,14H2,(H,31,34). The number of benzene rings is 1. The fourth-order valence-corrected chi connectivity index (χ4v) is 3.58. The first kappa shape index (κ1) is 25.2. The van der Waals surface area contributed by atoms with Crippen LogP contribution in [0.2, 0.25) is 0 Å². The van der Waals surface area contributed by atoms with Crippen LogP contribution < -0.4 is 10.1 Å². The number of halogens is 3. The zero-order valence-electron chi connectivity index (χ0n) is 19.0. The summed E-state index contributed by atoms with van der Waals surface area (Å²) in [5, 5.41) is 2.44. The van der Waals surface area contributed by atoms with Crippen molar-refractivity contribution in [2.75, 3.05) is 38.2 Å². The van der Waals surface area contributed by atoms with Crippen LogP contribution in [0.5, 0.6) is 5.75 Å². The molecule has 1 saturated heterocycles. The van der Waals surface area contributed by atoms with E-state index in [1.54, 1.807) is 30.7 Å². The lowest BCUT2D eigenvalue weighted by Gasteiger charge is -2.26. The van der Waals surface area contributed by atoms with Gasteiger partial charge in [0, 0.05) is 54.1 Å². The Balaban J connectivity index is 1.48. The molecule has 4 rings (SSSR count). The Morgan fingerprint density at radius 1 is 1.03 bits per heavy atom. The number of carbonyl (C=O) groups is 2. The van der Waals surface area contributed by atoms with E-state index in [0.29, 0.717) is 32.0 Å². The van der Waals surface area contributed by atoms with Crippen molar-refractivity contribution in [1.82, 2.24) is 19.9 Å². The topological polar surface area (TPSA) is 107 Å². The smallest absolute Gasteiger partial charge is 0.404 e. The van der Waals surface area contributed by atoms with Gasteiger partial charge in [0.05, 0.1) is 31.9 Å². The average Bonchev–Trinajstić information content (AvgIpc) is 2.86. The van der Waals surface area contributed by atoms with E-state index in [1.165, 1.54) is 18.5 Å². The van der Waals surface area contributed by atoms with Crippen LogP contribution in [0.1, 0.15) is 16.1 Å². The minimum absolute atomic E-state index is 0.0320. The molecule has 0 atom stereocenters. The summed E-state index contributed by atoms with van der Waals surface area (Å²) in [4.78, 5) is 39.4. The maximum atomic E-state index is 12.9. The number of amides is 1. The van der Waals surface area contributed by atoms with Gasteiger partial charge in [-0.15, -0.1) is 13.2 Å². The Morgan fingerprint density at radius 2 is 1.78 bits per heavy atom. The van der Waals surface area contributed by atoms with Crippen molar-refractivity contribution >= 4 is 17.4 Å². The third-order valence-electron chi connectivity index (χ3n) is 5.33. The van der Waals surface area contributed by atoms with Gasteiger partial charge in [0.2, 0.25) is 5.91 Å². The molecule has 12 heteroatoms. The summed E-state index contributed by atoms with van der Waals surface area (Å²) in [7, 11) is 0. The monoisotopic (exact) mass is 501 g/mol. The number of rotatable bonds is 8. The molecule has 0 radical (unpaired) electrons. The summed E-state index contributed by atoms with van der Waals surface area (Å²) in [6.07, 6.45) is 1.20. The summed E-state index contributed by atoms with van der Waals surface area (Å²) in [5.74, 6) is -1.53. The number of ketones is 1. The molecule has 3 aromatic rings. The van der Waals surface area contributed by atoms with Gasteiger partial charge in [-0.25, -0.2) is 9.97 Å². The first-order valence-electron chi connectivity index (χ1n) is 11.0. The quantitative estimate of drug-likeness (QED) is 0.470. The minimum Gasteiger partial charge on any atom is -0.404 e. The molecule has 1 aromatic carbocycles. The maximum absolute atomic E-state index is 12.9. The largest absolute Gasteiger partial charge is 0.573 e. The lowest BCUT2D eigenvalue weighted by molar-refractivity contribution is -0.274. The second-order valence-electron chi connectivity index (χ2n) is 7.96. The number of nitrogens with zero attached hydrogens (tertiary/aromatic N) is 4. The Hall–Kier alpha value is -3.90. The van der Waals surface area contributed by atoms with E-state index in [1.807, 2.05) is 4.90 Å². The van der Waals surface area contributed by atoms with Crippen molar-refractivity contribution in [3.63, 3.8) is 0 Å². The number of pyridine rings is 1. The molecule has 0 aliphatic carbocycles. The normalized spacial score (nSPS) is 14.3. The van der Waals surface area contributed by atoms with Crippen LogP contribution in [0, 0.1) is 0 Å². The number of ether oxygens (including phenoxy) is 2. The molecule has 36 heavy (non-hydrogen) atoms. The zero-order valence-corrected chi connectivity index (χ0v) is 19.0. The van der Waals surface area contributed by atoms with Crippen LogP contribution in [-0.2, 0) is 16.0 Å². The molecule has 1 aliphatic rings. The van der Waals surface area contributed by atoms with Crippen LogP contribution in [-0.4, -0.2) is 70.8 Å². The van der Waals surface area contributed by atoms with E-state index < -0.39 is 18.0 Å². The first-order chi connectivity index (χ1) is 17.3. The van der Waals surface area contributed by atoms with Gasteiger partial charge in [-0.3, -0.25) is 19.5 Å². The van der Waals surface area contributed by atoms with Gasteiger partial charge in [0.1, 0.15) is 6.33 Å². The van der Waals surface area contributed by atoms with Crippen molar-refractivity contribution in [1.29, 1.82) is 0 Å². The van der Waals surface area contributed by atoms with Crippen molar-refractivity contribution in [3.8, 4) is 16.9 Å². The van der Waals surface area contributed by atoms with Gasteiger partial charge in [-0.2, -0.15) is 0 Å². The van der Waals surface area contributed by atoms with Crippen molar-refractivity contribution in [2.45, 2.75) is 12.8 Å². The number of hydrogen-bond acceptors (Lipinski definition) is 8.